The van der Waals surface area contributed by atoms with Crippen LogP contribution in [0.15, 0.2) is 36.2 Å². The summed E-state index contributed by atoms with van der Waals surface area (Å²) in [5.41, 5.74) is 6.65. The Bertz CT molecular complexity index is 617. The van der Waals surface area contributed by atoms with Crippen molar-refractivity contribution < 1.29 is 24.2 Å². The number of hydrazine groups is 1. The summed E-state index contributed by atoms with van der Waals surface area (Å²) in [4.78, 5) is 21.2. The number of nitrogens with two attached hydrogens (primary N) is 2. The first-order valence-electron chi connectivity index (χ1n) is 8.04. The Labute approximate surface area is 146 Å². The molecule has 1 aliphatic rings. The molecule has 136 valence electrons. The summed E-state index contributed by atoms with van der Waals surface area (Å²) >= 11 is 0. The van der Waals surface area contributed by atoms with Crippen LogP contribution in [0.4, 0.5) is 5.69 Å². The van der Waals surface area contributed by atoms with Gasteiger partial charge in [-0.1, -0.05) is 0 Å². The van der Waals surface area contributed by atoms with Crippen molar-refractivity contribution in [1.29, 1.82) is 0 Å². The lowest BCUT2D eigenvalue weighted by molar-refractivity contribution is -0.143. The molecule has 1 aliphatic carbocycles. The van der Waals surface area contributed by atoms with Gasteiger partial charge in [0.2, 0.25) is 0 Å². The zero-order valence-corrected chi connectivity index (χ0v) is 13.8. The Morgan fingerprint density at radius 2 is 2.04 bits per heavy atom. The highest BCUT2D eigenvalue weighted by atomic mass is 16.5. The number of ether oxygens (including phenoxy) is 2. The average molecular weight is 349 g/mol. The Balaban J connectivity index is 1.93. The topological polar surface area (TPSA) is 128 Å². The number of carboxylic acids is 1. The molecule has 0 saturated heterocycles. The predicted molar refractivity (Wildman–Crippen MR) is 91.4 cm³/mol. The van der Waals surface area contributed by atoms with E-state index >= 15 is 0 Å². The molecule has 1 fully saturated rings. The minimum atomic E-state index is -0.759. The number of anilines is 1. The molecule has 8 heteroatoms. The molecule has 0 amide bonds. The maximum absolute atomic E-state index is 11.1. The van der Waals surface area contributed by atoms with Gasteiger partial charge in [0.15, 0.2) is 0 Å². The third kappa shape index (κ3) is 5.68. The molecule has 2 rings (SSSR count). The zero-order valence-electron chi connectivity index (χ0n) is 13.8. The van der Waals surface area contributed by atoms with Crippen LogP contribution in [-0.4, -0.2) is 30.3 Å². The molecule has 1 aromatic rings. The highest BCUT2D eigenvalue weighted by molar-refractivity contribution is 5.70. The van der Waals surface area contributed by atoms with Gasteiger partial charge in [0, 0.05) is 6.20 Å². The number of carbonyl (C=O) groups excluding carboxylic acids is 1. The van der Waals surface area contributed by atoms with E-state index < -0.39 is 5.97 Å². The fourth-order valence-corrected chi connectivity index (χ4v) is 2.79. The van der Waals surface area contributed by atoms with Gasteiger partial charge in [0.1, 0.15) is 12.4 Å². The lowest BCUT2D eigenvalue weighted by Crippen LogP contribution is -2.29. The molecule has 0 aliphatic heterocycles. The normalized spacial score (nSPS) is 20.6. The van der Waals surface area contributed by atoms with Gasteiger partial charge in [0.25, 0.3) is 6.47 Å². The van der Waals surface area contributed by atoms with Crippen molar-refractivity contribution >= 4 is 18.1 Å². The number of aliphatic carboxylic acids is 1. The van der Waals surface area contributed by atoms with Crippen molar-refractivity contribution in [2.45, 2.75) is 31.8 Å². The van der Waals surface area contributed by atoms with Crippen molar-refractivity contribution in [2.75, 3.05) is 11.6 Å². The number of carbonyl (C=O) groups is 2. The molecule has 25 heavy (non-hydrogen) atoms. The fourth-order valence-electron chi connectivity index (χ4n) is 2.79. The van der Waals surface area contributed by atoms with Gasteiger partial charge in [-0.15, -0.1) is 0 Å². The molecule has 2 unspecified atom stereocenters. The summed E-state index contributed by atoms with van der Waals surface area (Å²) < 4.78 is 10.4. The molecule has 0 radical (unpaired) electrons. The maximum Gasteiger partial charge on any atom is 0.306 e. The first-order chi connectivity index (χ1) is 12.0. The van der Waals surface area contributed by atoms with Gasteiger partial charge in [-0.3, -0.25) is 14.6 Å². The number of carboxylic acid groups (broad SMARTS) is 1. The van der Waals surface area contributed by atoms with Gasteiger partial charge < -0.3 is 20.3 Å². The summed E-state index contributed by atoms with van der Waals surface area (Å²) in [6, 6.07) is 7.06. The molecule has 1 aromatic carbocycles. The van der Waals surface area contributed by atoms with Crippen molar-refractivity contribution in [3.05, 3.63) is 36.2 Å². The SMILES string of the molecule is N/C(=C\N(N)c1ccc(OC2CCCC(C(=O)O)C2)cc1)COC=O. The molecule has 0 spiro atoms. The second-order valence-corrected chi connectivity index (χ2v) is 5.95. The van der Waals surface area contributed by atoms with E-state index in [9.17, 15) is 9.59 Å². The molecular weight excluding hydrogens is 326 g/mol. The maximum atomic E-state index is 11.1. The van der Waals surface area contributed by atoms with Crippen LogP contribution in [0.25, 0.3) is 0 Å². The van der Waals surface area contributed by atoms with E-state index in [4.69, 9.17) is 21.4 Å². The van der Waals surface area contributed by atoms with E-state index in [2.05, 4.69) is 4.74 Å². The quantitative estimate of drug-likeness (QED) is 0.365. The number of rotatable bonds is 8. The minimum Gasteiger partial charge on any atom is -0.490 e. The van der Waals surface area contributed by atoms with Crippen LogP contribution >= 0.6 is 0 Å². The van der Waals surface area contributed by atoms with Crippen LogP contribution in [0, 0.1) is 5.92 Å². The molecule has 8 nitrogen and oxygen atoms in total. The van der Waals surface area contributed by atoms with E-state index in [1.807, 2.05) is 0 Å². The second kappa shape index (κ2) is 8.93. The largest absolute Gasteiger partial charge is 0.490 e. The fraction of sp³-hybridized carbons (Fsp3) is 0.412. The van der Waals surface area contributed by atoms with Crippen molar-refractivity contribution in [1.82, 2.24) is 0 Å². The average Bonchev–Trinajstić information content (AvgIpc) is 2.60. The Morgan fingerprint density at radius 3 is 2.68 bits per heavy atom. The van der Waals surface area contributed by atoms with Crippen LogP contribution in [0.3, 0.4) is 0 Å². The number of nitrogens with zero attached hydrogens (tertiary/aromatic N) is 1. The van der Waals surface area contributed by atoms with Gasteiger partial charge in [0.05, 0.1) is 23.4 Å². The van der Waals surface area contributed by atoms with Crippen LogP contribution in [0.2, 0.25) is 0 Å². The van der Waals surface area contributed by atoms with Gasteiger partial charge in [-0.25, -0.2) is 5.84 Å². The summed E-state index contributed by atoms with van der Waals surface area (Å²) in [7, 11) is 0. The Kier molecular flexibility index (Phi) is 6.64. The molecule has 0 heterocycles. The third-order valence-corrected chi connectivity index (χ3v) is 4.04. The lowest BCUT2D eigenvalue weighted by Gasteiger charge is -2.27. The summed E-state index contributed by atoms with van der Waals surface area (Å²) in [6.07, 6.45) is 4.30. The van der Waals surface area contributed by atoms with Crippen LogP contribution in [-0.2, 0) is 14.3 Å². The molecule has 2 atom stereocenters. The first kappa shape index (κ1) is 18.6. The van der Waals surface area contributed by atoms with E-state index in [1.165, 1.54) is 11.2 Å². The summed E-state index contributed by atoms with van der Waals surface area (Å²) in [5, 5.41) is 10.4. The minimum absolute atomic E-state index is 0.0369. The molecular formula is C17H23N3O5. The van der Waals surface area contributed by atoms with E-state index in [-0.39, 0.29) is 18.6 Å². The van der Waals surface area contributed by atoms with E-state index in [1.54, 1.807) is 24.3 Å². The van der Waals surface area contributed by atoms with Crippen molar-refractivity contribution in [2.24, 2.45) is 17.5 Å². The van der Waals surface area contributed by atoms with E-state index in [0.29, 0.717) is 36.4 Å². The number of benzene rings is 1. The second-order valence-electron chi connectivity index (χ2n) is 5.95. The first-order valence-corrected chi connectivity index (χ1v) is 8.04. The Morgan fingerprint density at radius 1 is 1.32 bits per heavy atom. The molecule has 0 aromatic heterocycles. The zero-order chi connectivity index (χ0) is 18.2. The van der Waals surface area contributed by atoms with Crippen molar-refractivity contribution in [3.8, 4) is 5.75 Å². The van der Waals surface area contributed by atoms with Gasteiger partial charge in [-0.2, -0.15) is 0 Å². The van der Waals surface area contributed by atoms with Crippen molar-refractivity contribution in [3.63, 3.8) is 0 Å². The summed E-state index contributed by atoms with van der Waals surface area (Å²) in [6.45, 7) is 0.276. The van der Waals surface area contributed by atoms with Crippen LogP contribution in [0.1, 0.15) is 25.7 Å². The molecule has 0 bridgehead atoms. The highest BCUT2D eigenvalue weighted by Gasteiger charge is 2.28. The van der Waals surface area contributed by atoms with E-state index in [0.717, 1.165) is 12.8 Å². The lowest BCUT2D eigenvalue weighted by atomic mass is 9.87. The third-order valence-electron chi connectivity index (χ3n) is 4.04. The van der Waals surface area contributed by atoms with Gasteiger partial charge >= 0.3 is 5.97 Å². The summed E-state index contributed by atoms with van der Waals surface area (Å²) in [5.74, 6) is 5.45. The van der Waals surface area contributed by atoms with Crippen LogP contribution in [0.5, 0.6) is 5.75 Å². The highest BCUT2D eigenvalue weighted by Crippen LogP contribution is 2.28. The number of hydrogen-bond donors (Lipinski definition) is 3. The molecule has 5 N–H and O–H groups in total. The number of hydrogen-bond acceptors (Lipinski definition) is 7. The smallest absolute Gasteiger partial charge is 0.306 e. The Hall–Kier alpha value is -2.74. The standard InChI is InChI=1S/C17H23N3O5/c18-13(10-24-11-21)9-20(19)14-4-6-15(7-5-14)25-16-3-1-2-12(8-16)17(22)23/h4-7,9,11-12,16H,1-3,8,10,18-19H2,(H,22,23)/b13-9-. The predicted octanol–water partition coefficient (Wildman–Crippen LogP) is 1.36. The molecule has 1 saturated carbocycles. The monoisotopic (exact) mass is 349 g/mol. The van der Waals surface area contributed by atoms with Crippen LogP contribution < -0.4 is 21.3 Å². The van der Waals surface area contributed by atoms with Gasteiger partial charge in [-0.05, 0) is 49.9 Å².